The molecule has 2 aromatic carbocycles. The number of hydrogen-bond acceptors (Lipinski definition) is 7. The Hall–Kier alpha value is -4.28. The lowest BCUT2D eigenvalue weighted by Crippen LogP contribution is -2.54. The molecular formula is C24H24N4O6. The summed E-state index contributed by atoms with van der Waals surface area (Å²) in [4.78, 5) is 41.0. The second-order valence-electron chi connectivity index (χ2n) is 7.14. The number of hydroxylamine groups is 1. The first-order valence-electron chi connectivity index (χ1n) is 10.4. The van der Waals surface area contributed by atoms with Gasteiger partial charge in [0.25, 0.3) is 17.7 Å². The Kier molecular flexibility index (Phi) is 8.67. The first-order valence-corrected chi connectivity index (χ1v) is 10.4. The molecule has 0 aliphatic rings. The number of ether oxygens (including phenoxy) is 1. The van der Waals surface area contributed by atoms with Crippen LogP contribution < -0.4 is 20.9 Å². The summed E-state index contributed by atoms with van der Waals surface area (Å²) < 4.78 is 5.33. The van der Waals surface area contributed by atoms with Crippen LogP contribution in [0.15, 0.2) is 73.1 Å². The third-order valence-electron chi connectivity index (χ3n) is 4.79. The van der Waals surface area contributed by atoms with Crippen LogP contribution in [0, 0.1) is 0 Å². The van der Waals surface area contributed by atoms with Gasteiger partial charge in [0.1, 0.15) is 12.4 Å². The highest BCUT2D eigenvalue weighted by atomic mass is 16.5. The zero-order valence-corrected chi connectivity index (χ0v) is 18.1. The van der Waals surface area contributed by atoms with Crippen molar-refractivity contribution in [2.75, 3.05) is 13.2 Å². The molecule has 10 heteroatoms. The summed E-state index contributed by atoms with van der Waals surface area (Å²) in [5.74, 6) is -1.89. The van der Waals surface area contributed by atoms with E-state index in [1.54, 1.807) is 60.9 Å². The highest BCUT2D eigenvalue weighted by molar-refractivity contribution is 6.08. The Bertz CT molecular complexity index is 1100. The fraction of sp³-hybridized carbons (Fsp3) is 0.167. The Morgan fingerprint density at radius 3 is 2.21 bits per heavy atom. The monoisotopic (exact) mass is 464 g/mol. The summed E-state index contributed by atoms with van der Waals surface area (Å²) in [6.45, 7) is 0.231. The number of carbonyl (C=O) groups excluding carboxylic acids is 3. The number of aliphatic hydroxyl groups is 1. The topological polar surface area (TPSA) is 150 Å². The molecule has 34 heavy (non-hydrogen) atoms. The number of nitrogens with zero attached hydrogens (tertiary/aromatic N) is 1. The number of rotatable bonds is 10. The van der Waals surface area contributed by atoms with E-state index in [2.05, 4.69) is 15.6 Å². The van der Waals surface area contributed by atoms with Crippen LogP contribution >= 0.6 is 0 Å². The number of carbonyl (C=O) groups is 3. The van der Waals surface area contributed by atoms with Gasteiger partial charge in [-0.1, -0.05) is 30.3 Å². The predicted molar refractivity (Wildman–Crippen MR) is 122 cm³/mol. The maximum absolute atomic E-state index is 12.6. The Labute approximate surface area is 195 Å². The highest BCUT2D eigenvalue weighted by Crippen LogP contribution is 2.23. The molecule has 0 aliphatic heterocycles. The summed E-state index contributed by atoms with van der Waals surface area (Å²) in [6.07, 6.45) is 3.14. The van der Waals surface area contributed by atoms with Crippen LogP contribution in [0.5, 0.6) is 5.75 Å². The maximum Gasteiger partial charge on any atom is 0.275 e. The van der Waals surface area contributed by atoms with E-state index < -0.39 is 23.8 Å². The zero-order valence-electron chi connectivity index (χ0n) is 18.1. The third-order valence-corrected chi connectivity index (χ3v) is 4.79. The summed E-state index contributed by atoms with van der Waals surface area (Å²) in [7, 11) is 0. The molecule has 5 N–H and O–H groups in total. The van der Waals surface area contributed by atoms with Crippen molar-refractivity contribution in [3.8, 4) is 16.9 Å². The van der Waals surface area contributed by atoms with Gasteiger partial charge in [-0.2, -0.15) is 0 Å². The van der Waals surface area contributed by atoms with Gasteiger partial charge in [-0.15, -0.1) is 0 Å². The number of nitrogens with one attached hydrogen (secondary N) is 3. The normalized spacial score (nSPS) is 11.2. The van der Waals surface area contributed by atoms with Gasteiger partial charge in [0.05, 0.1) is 6.61 Å². The van der Waals surface area contributed by atoms with E-state index in [1.165, 1.54) is 5.48 Å². The van der Waals surface area contributed by atoms with E-state index >= 15 is 0 Å². The Morgan fingerprint density at radius 1 is 0.941 bits per heavy atom. The molecule has 0 saturated heterocycles. The van der Waals surface area contributed by atoms with Crippen molar-refractivity contribution in [3.63, 3.8) is 0 Å². The van der Waals surface area contributed by atoms with Crippen LogP contribution in [0.1, 0.15) is 15.9 Å². The van der Waals surface area contributed by atoms with Crippen LogP contribution in [0.4, 0.5) is 0 Å². The molecule has 1 unspecified atom stereocenters. The van der Waals surface area contributed by atoms with Crippen LogP contribution in [0.2, 0.25) is 0 Å². The molecule has 176 valence electrons. The SMILES string of the molecule is O=C(NC(C(=O)NO)C(=O)NCc1cccnc1)c1ccc(-c2ccc(OCCO)cc2)cc1. The van der Waals surface area contributed by atoms with Gasteiger partial charge in [0.2, 0.25) is 0 Å². The smallest absolute Gasteiger partial charge is 0.275 e. The fourth-order valence-electron chi connectivity index (χ4n) is 3.04. The Morgan fingerprint density at radius 2 is 1.62 bits per heavy atom. The van der Waals surface area contributed by atoms with Gasteiger partial charge in [-0.3, -0.25) is 24.6 Å². The van der Waals surface area contributed by atoms with E-state index in [0.717, 1.165) is 11.1 Å². The van der Waals surface area contributed by atoms with Gasteiger partial charge in [-0.05, 0) is 47.0 Å². The van der Waals surface area contributed by atoms with Crippen LogP contribution in [0.3, 0.4) is 0 Å². The van der Waals surface area contributed by atoms with Crippen LogP contribution in [-0.2, 0) is 16.1 Å². The minimum Gasteiger partial charge on any atom is -0.491 e. The van der Waals surface area contributed by atoms with Crippen LogP contribution in [0.25, 0.3) is 11.1 Å². The quantitative estimate of drug-likeness (QED) is 0.171. The van der Waals surface area contributed by atoms with Crippen molar-refractivity contribution in [1.82, 2.24) is 21.1 Å². The van der Waals surface area contributed by atoms with E-state index in [0.29, 0.717) is 11.3 Å². The Balaban J connectivity index is 1.64. The highest BCUT2D eigenvalue weighted by Gasteiger charge is 2.28. The van der Waals surface area contributed by atoms with E-state index in [4.69, 9.17) is 15.1 Å². The van der Waals surface area contributed by atoms with E-state index in [1.807, 2.05) is 12.1 Å². The van der Waals surface area contributed by atoms with Crippen molar-refractivity contribution >= 4 is 17.7 Å². The number of amides is 3. The first kappa shape index (κ1) is 24.4. The second-order valence-corrected chi connectivity index (χ2v) is 7.14. The molecule has 0 bridgehead atoms. The average molecular weight is 464 g/mol. The molecule has 1 heterocycles. The maximum atomic E-state index is 12.6. The molecule has 1 aromatic heterocycles. The van der Waals surface area contributed by atoms with E-state index in [9.17, 15) is 14.4 Å². The molecule has 0 saturated carbocycles. The molecule has 3 aromatic rings. The molecule has 0 fully saturated rings. The lowest BCUT2D eigenvalue weighted by atomic mass is 10.0. The zero-order chi connectivity index (χ0) is 24.3. The molecule has 0 aliphatic carbocycles. The molecule has 10 nitrogen and oxygen atoms in total. The van der Waals surface area contributed by atoms with Crippen molar-refractivity contribution in [2.24, 2.45) is 0 Å². The number of aromatic nitrogens is 1. The lowest BCUT2D eigenvalue weighted by molar-refractivity contribution is -0.137. The van der Waals surface area contributed by atoms with Gasteiger partial charge in [0.15, 0.2) is 6.04 Å². The minimum absolute atomic E-state index is 0.0712. The summed E-state index contributed by atoms with van der Waals surface area (Å²) in [5, 5.41) is 22.7. The van der Waals surface area contributed by atoms with Crippen LogP contribution in [-0.4, -0.2) is 52.3 Å². The van der Waals surface area contributed by atoms with Gasteiger partial charge < -0.3 is 20.5 Å². The van der Waals surface area contributed by atoms with Crippen molar-refractivity contribution in [2.45, 2.75) is 12.6 Å². The number of benzene rings is 2. The molecule has 1 atom stereocenters. The standard InChI is InChI=1S/C24H24N4O6/c29-12-13-34-20-9-7-18(8-10-20)17-3-5-19(6-4-17)22(30)27-21(24(32)28-33)23(31)26-15-16-2-1-11-25-14-16/h1-11,14,21,29,33H,12-13,15H2,(H,26,31)(H,27,30)(H,28,32). The van der Waals surface area contributed by atoms with Gasteiger partial charge >= 0.3 is 0 Å². The third kappa shape index (κ3) is 6.61. The van der Waals surface area contributed by atoms with Crippen molar-refractivity contribution in [3.05, 3.63) is 84.2 Å². The number of pyridine rings is 1. The number of aliphatic hydroxyl groups excluding tert-OH is 1. The molecule has 3 amide bonds. The largest absolute Gasteiger partial charge is 0.491 e. The van der Waals surface area contributed by atoms with Gasteiger partial charge in [-0.25, -0.2) is 5.48 Å². The van der Waals surface area contributed by atoms with E-state index in [-0.39, 0.29) is 25.3 Å². The minimum atomic E-state index is -1.64. The first-order chi connectivity index (χ1) is 16.5. The fourth-order valence-corrected chi connectivity index (χ4v) is 3.04. The van der Waals surface area contributed by atoms with Crippen molar-refractivity contribution in [1.29, 1.82) is 0 Å². The van der Waals surface area contributed by atoms with Gasteiger partial charge in [0, 0.05) is 24.5 Å². The molecule has 3 rings (SSSR count). The molecule has 0 radical (unpaired) electrons. The summed E-state index contributed by atoms with van der Waals surface area (Å²) in [6, 6.07) is 15.6. The number of hydrogen-bond donors (Lipinski definition) is 5. The van der Waals surface area contributed by atoms with Crippen molar-refractivity contribution < 1.29 is 29.4 Å². The predicted octanol–water partition coefficient (Wildman–Crippen LogP) is 1.04. The molecule has 0 spiro atoms. The second kappa shape index (κ2) is 12.1. The summed E-state index contributed by atoms with van der Waals surface area (Å²) >= 11 is 0. The lowest BCUT2D eigenvalue weighted by Gasteiger charge is -2.17. The average Bonchev–Trinajstić information content (AvgIpc) is 2.89. The molecular weight excluding hydrogens is 440 g/mol. The summed E-state index contributed by atoms with van der Waals surface area (Å²) in [5.41, 5.74) is 4.05.